The van der Waals surface area contributed by atoms with Gasteiger partial charge in [-0.15, -0.1) is 0 Å². The topological polar surface area (TPSA) is 45.2 Å². The van der Waals surface area contributed by atoms with Crippen LogP contribution >= 0.6 is 0 Å². The largest absolute Gasteiger partial charge is 0.371 e. The average Bonchev–Trinajstić information content (AvgIpc) is 2.48. The summed E-state index contributed by atoms with van der Waals surface area (Å²) in [5.41, 5.74) is 1.20. The van der Waals surface area contributed by atoms with Crippen molar-refractivity contribution in [3.05, 3.63) is 24.5 Å². The fourth-order valence-electron chi connectivity index (χ4n) is 2.42. The second-order valence-electron chi connectivity index (χ2n) is 5.28. The van der Waals surface area contributed by atoms with Crippen molar-refractivity contribution in [2.24, 2.45) is 5.92 Å². The molecule has 1 fully saturated rings. The molecular weight excluding hydrogens is 238 g/mol. The Hall–Kier alpha value is -1.58. The monoisotopic (exact) mass is 261 g/mol. The Kier molecular flexibility index (Phi) is 4.77. The lowest BCUT2D eigenvalue weighted by Gasteiger charge is -2.33. The van der Waals surface area contributed by atoms with Gasteiger partial charge in [-0.3, -0.25) is 9.78 Å². The molecule has 1 aliphatic heterocycles. The van der Waals surface area contributed by atoms with Gasteiger partial charge in [0.25, 0.3) is 0 Å². The minimum Gasteiger partial charge on any atom is -0.371 e. The van der Waals surface area contributed by atoms with E-state index in [-0.39, 0.29) is 17.9 Å². The highest BCUT2D eigenvalue weighted by molar-refractivity contribution is 5.79. The summed E-state index contributed by atoms with van der Waals surface area (Å²) in [6, 6.07) is 4.34. The molecule has 4 heteroatoms. The Morgan fingerprint density at radius 3 is 2.63 bits per heavy atom. The highest BCUT2D eigenvalue weighted by Gasteiger charge is 2.25. The SMILES string of the molecule is CCC(C)NC(=O)C1CCN(c2ccncc2)CC1. The Morgan fingerprint density at radius 2 is 2.05 bits per heavy atom. The summed E-state index contributed by atoms with van der Waals surface area (Å²) in [6.45, 7) is 6.05. The first-order valence-corrected chi connectivity index (χ1v) is 7.16. The Labute approximate surface area is 115 Å². The molecule has 1 saturated heterocycles. The first-order chi connectivity index (χ1) is 9.20. The first-order valence-electron chi connectivity index (χ1n) is 7.16. The van der Waals surface area contributed by atoms with E-state index in [0.717, 1.165) is 32.4 Å². The predicted octanol–water partition coefficient (Wildman–Crippen LogP) is 2.21. The lowest BCUT2D eigenvalue weighted by molar-refractivity contribution is -0.126. The molecule has 1 atom stereocenters. The maximum atomic E-state index is 12.1. The number of nitrogens with zero attached hydrogens (tertiary/aromatic N) is 2. The molecule has 1 aromatic heterocycles. The maximum absolute atomic E-state index is 12.1. The molecule has 0 radical (unpaired) electrons. The summed E-state index contributed by atoms with van der Waals surface area (Å²) in [5.74, 6) is 0.399. The van der Waals surface area contributed by atoms with E-state index in [1.807, 2.05) is 24.5 Å². The van der Waals surface area contributed by atoms with Gasteiger partial charge in [0.15, 0.2) is 0 Å². The number of hydrogen-bond donors (Lipinski definition) is 1. The summed E-state index contributed by atoms with van der Waals surface area (Å²) in [7, 11) is 0. The van der Waals surface area contributed by atoms with E-state index in [4.69, 9.17) is 0 Å². The predicted molar refractivity (Wildman–Crippen MR) is 77.1 cm³/mol. The molecule has 19 heavy (non-hydrogen) atoms. The molecule has 0 aromatic carbocycles. The lowest BCUT2D eigenvalue weighted by Crippen LogP contribution is -2.43. The van der Waals surface area contributed by atoms with Crippen molar-refractivity contribution in [3.63, 3.8) is 0 Å². The summed E-state index contributed by atoms with van der Waals surface area (Å²) < 4.78 is 0. The van der Waals surface area contributed by atoms with E-state index in [1.54, 1.807) is 0 Å². The van der Waals surface area contributed by atoms with E-state index in [1.165, 1.54) is 5.69 Å². The van der Waals surface area contributed by atoms with Gasteiger partial charge in [0.05, 0.1) is 0 Å². The van der Waals surface area contributed by atoms with Gasteiger partial charge in [0.2, 0.25) is 5.91 Å². The molecule has 1 aromatic rings. The second kappa shape index (κ2) is 6.55. The van der Waals surface area contributed by atoms with E-state index in [9.17, 15) is 4.79 Å². The maximum Gasteiger partial charge on any atom is 0.223 e. The molecular formula is C15H23N3O. The summed E-state index contributed by atoms with van der Waals surface area (Å²) in [6.07, 6.45) is 6.49. The number of piperidine rings is 1. The molecule has 104 valence electrons. The van der Waals surface area contributed by atoms with Gasteiger partial charge < -0.3 is 10.2 Å². The van der Waals surface area contributed by atoms with Crippen molar-refractivity contribution in [1.82, 2.24) is 10.3 Å². The van der Waals surface area contributed by atoms with Crippen LogP contribution in [0.1, 0.15) is 33.1 Å². The molecule has 2 heterocycles. The Bertz CT molecular complexity index is 399. The molecule has 1 unspecified atom stereocenters. The number of nitrogens with one attached hydrogen (secondary N) is 1. The zero-order valence-corrected chi connectivity index (χ0v) is 11.8. The van der Waals surface area contributed by atoms with Gasteiger partial charge in [-0.25, -0.2) is 0 Å². The number of carbonyl (C=O) groups excluding carboxylic acids is 1. The molecule has 0 spiro atoms. The zero-order valence-electron chi connectivity index (χ0n) is 11.8. The molecule has 1 amide bonds. The smallest absolute Gasteiger partial charge is 0.223 e. The van der Waals surface area contributed by atoms with Crippen molar-refractivity contribution in [1.29, 1.82) is 0 Å². The van der Waals surface area contributed by atoms with Gasteiger partial charge >= 0.3 is 0 Å². The molecule has 1 N–H and O–H groups in total. The standard InChI is InChI=1S/C15H23N3O/c1-3-12(2)17-15(19)13-6-10-18(11-7-13)14-4-8-16-9-5-14/h4-5,8-9,12-13H,3,6-7,10-11H2,1-2H3,(H,17,19). The fourth-order valence-corrected chi connectivity index (χ4v) is 2.42. The molecule has 0 bridgehead atoms. The summed E-state index contributed by atoms with van der Waals surface area (Å²) in [4.78, 5) is 18.4. The number of carbonyl (C=O) groups is 1. The third kappa shape index (κ3) is 3.69. The normalized spacial score (nSPS) is 18.1. The van der Waals surface area contributed by atoms with Crippen molar-refractivity contribution in [2.45, 2.75) is 39.2 Å². The van der Waals surface area contributed by atoms with Crippen LogP contribution in [0.2, 0.25) is 0 Å². The molecule has 1 aliphatic rings. The van der Waals surface area contributed by atoms with Crippen LogP contribution in [-0.2, 0) is 4.79 Å². The summed E-state index contributed by atoms with van der Waals surface area (Å²) >= 11 is 0. The van der Waals surface area contributed by atoms with Crippen molar-refractivity contribution in [2.75, 3.05) is 18.0 Å². The number of rotatable bonds is 4. The number of hydrogen-bond acceptors (Lipinski definition) is 3. The minimum atomic E-state index is 0.173. The molecule has 2 rings (SSSR count). The number of amides is 1. The number of aromatic nitrogens is 1. The quantitative estimate of drug-likeness (QED) is 0.904. The number of anilines is 1. The van der Waals surface area contributed by atoms with Crippen LogP contribution in [0.15, 0.2) is 24.5 Å². The Morgan fingerprint density at radius 1 is 1.42 bits per heavy atom. The first kappa shape index (κ1) is 13.8. The highest BCUT2D eigenvalue weighted by atomic mass is 16.1. The van der Waals surface area contributed by atoms with Crippen LogP contribution in [-0.4, -0.2) is 30.0 Å². The van der Waals surface area contributed by atoms with Crippen LogP contribution in [0.3, 0.4) is 0 Å². The van der Waals surface area contributed by atoms with Gasteiger partial charge in [-0.05, 0) is 38.3 Å². The van der Waals surface area contributed by atoms with Crippen LogP contribution < -0.4 is 10.2 Å². The third-order valence-corrected chi connectivity index (χ3v) is 3.89. The van der Waals surface area contributed by atoms with Crippen molar-refractivity contribution in [3.8, 4) is 0 Å². The van der Waals surface area contributed by atoms with Gasteiger partial charge in [-0.1, -0.05) is 6.92 Å². The average molecular weight is 261 g/mol. The summed E-state index contributed by atoms with van der Waals surface area (Å²) in [5, 5.41) is 3.09. The van der Waals surface area contributed by atoms with Gasteiger partial charge in [0.1, 0.15) is 0 Å². The van der Waals surface area contributed by atoms with Crippen LogP contribution in [0.4, 0.5) is 5.69 Å². The van der Waals surface area contributed by atoms with E-state index in [0.29, 0.717) is 0 Å². The lowest BCUT2D eigenvalue weighted by atomic mass is 9.95. The van der Waals surface area contributed by atoms with Crippen LogP contribution in [0.5, 0.6) is 0 Å². The second-order valence-corrected chi connectivity index (χ2v) is 5.28. The van der Waals surface area contributed by atoms with E-state index in [2.05, 4.69) is 29.0 Å². The van der Waals surface area contributed by atoms with Gasteiger partial charge in [0, 0.05) is 43.1 Å². The Balaban J connectivity index is 1.84. The highest BCUT2D eigenvalue weighted by Crippen LogP contribution is 2.22. The van der Waals surface area contributed by atoms with E-state index >= 15 is 0 Å². The zero-order chi connectivity index (χ0) is 13.7. The molecule has 0 saturated carbocycles. The molecule has 0 aliphatic carbocycles. The van der Waals surface area contributed by atoms with Crippen molar-refractivity contribution < 1.29 is 4.79 Å². The van der Waals surface area contributed by atoms with Crippen LogP contribution in [0.25, 0.3) is 0 Å². The molecule has 4 nitrogen and oxygen atoms in total. The number of pyridine rings is 1. The van der Waals surface area contributed by atoms with E-state index < -0.39 is 0 Å². The van der Waals surface area contributed by atoms with Gasteiger partial charge in [-0.2, -0.15) is 0 Å². The third-order valence-electron chi connectivity index (χ3n) is 3.89. The van der Waals surface area contributed by atoms with Crippen LogP contribution in [0, 0.1) is 5.92 Å². The van der Waals surface area contributed by atoms with Crippen molar-refractivity contribution >= 4 is 11.6 Å². The minimum absolute atomic E-state index is 0.173. The fraction of sp³-hybridized carbons (Fsp3) is 0.600.